The maximum atomic E-state index is 12.9. The predicted molar refractivity (Wildman–Crippen MR) is 95.3 cm³/mol. The highest BCUT2D eigenvalue weighted by Gasteiger charge is 2.35. The van der Waals surface area contributed by atoms with Crippen molar-refractivity contribution in [2.75, 3.05) is 0 Å². The van der Waals surface area contributed by atoms with Crippen LogP contribution in [0.25, 0.3) is 0 Å². The lowest BCUT2D eigenvalue weighted by atomic mass is 9.91. The van der Waals surface area contributed by atoms with Gasteiger partial charge in [-0.2, -0.15) is 0 Å². The van der Waals surface area contributed by atoms with Gasteiger partial charge in [-0.15, -0.1) is 0 Å². The van der Waals surface area contributed by atoms with E-state index in [0.29, 0.717) is 11.6 Å². The van der Waals surface area contributed by atoms with Gasteiger partial charge in [0.1, 0.15) is 11.2 Å². The van der Waals surface area contributed by atoms with Crippen LogP contribution in [0.4, 0.5) is 4.39 Å². The van der Waals surface area contributed by atoms with Gasteiger partial charge in [0, 0.05) is 18.1 Å². The van der Waals surface area contributed by atoms with E-state index in [1.807, 2.05) is 12.1 Å². The van der Waals surface area contributed by atoms with E-state index in [9.17, 15) is 14.0 Å². The zero-order chi connectivity index (χ0) is 18.4. The van der Waals surface area contributed by atoms with Crippen LogP contribution in [-0.4, -0.2) is 11.8 Å². The number of nitrogens with one attached hydrogen (secondary N) is 2. The van der Waals surface area contributed by atoms with E-state index >= 15 is 0 Å². The first-order chi connectivity index (χ1) is 11.8. The Hall–Kier alpha value is -2.40. The third-order valence-electron chi connectivity index (χ3n) is 3.87. The fourth-order valence-corrected chi connectivity index (χ4v) is 2.24. The summed E-state index contributed by atoms with van der Waals surface area (Å²) in [5.41, 5.74) is 0.416. The fraction of sp³-hybridized carbons (Fsp3) is 0.263. The van der Waals surface area contributed by atoms with Gasteiger partial charge in [-0.1, -0.05) is 35.9 Å². The predicted octanol–water partition coefficient (Wildman–Crippen LogP) is 3.44. The van der Waals surface area contributed by atoms with Crippen molar-refractivity contribution < 1.29 is 14.0 Å². The van der Waals surface area contributed by atoms with Gasteiger partial charge in [-0.3, -0.25) is 9.59 Å². The average molecular weight is 363 g/mol. The molecule has 0 aliphatic rings. The molecule has 132 valence electrons. The van der Waals surface area contributed by atoms with Crippen LogP contribution in [-0.2, 0) is 22.7 Å². The first-order valence-corrected chi connectivity index (χ1v) is 8.22. The molecule has 0 saturated carbocycles. The lowest BCUT2D eigenvalue weighted by Crippen LogP contribution is -2.47. The number of benzene rings is 2. The summed E-state index contributed by atoms with van der Waals surface area (Å²) < 4.78 is 12.9. The molecule has 2 rings (SSSR count). The molecule has 6 heteroatoms. The Morgan fingerprint density at radius 2 is 1.28 bits per heavy atom. The molecule has 2 amide bonds. The quantitative estimate of drug-likeness (QED) is 0.773. The molecule has 0 bridgehead atoms. The molecule has 25 heavy (non-hydrogen) atoms. The van der Waals surface area contributed by atoms with E-state index in [2.05, 4.69) is 10.6 Å². The third-order valence-corrected chi connectivity index (χ3v) is 4.12. The van der Waals surface area contributed by atoms with E-state index < -0.39 is 11.3 Å². The minimum absolute atomic E-state index is 0.229. The van der Waals surface area contributed by atoms with Crippen LogP contribution >= 0.6 is 11.6 Å². The number of rotatable bonds is 6. The SMILES string of the molecule is CC(C)(C(=O)NCc1ccc(F)cc1)C(=O)NCc1ccc(Cl)cc1. The molecule has 2 N–H and O–H groups in total. The topological polar surface area (TPSA) is 58.2 Å². The molecule has 0 spiro atoms. The summed E-state index contributed by atoms with van der Waals surface area (Å²) in [5, 5.41) is 6.08. The molecule has 0 radical (unpaired) electrons. The van der Waals surface area contributed by atoms with Crippen LogP contribution in [0.3, 0.4) is 0 Å². The summed E-state index contributed by atoms with van der Waals surface area (Å²) in [6.07, 6.45) is 0. The van der Waals surface area contributed by atoms with Crippen molar-refractivity contribution in [3.05, 3.63) is 70.5 Å². The van der Waals surface area contributed by atoms with Crippen molar-refractivity contribution in [2.45, 2.75) is 26.9 Å². The van der Waals surface area contributed by atoms with Gasteiger partial charge < -0.3 is 10.6 Å². The summed E-state index contributed by atoms with van der Waals surface area (Å²) in [6, 6.07) is 12.9. The molecular weight excluding hydrogens is 343 g/mol. The number of halogens is 2. The molecule has 0 heterocycles. The van der Waals surface area contributed by atoms with Gasteiger partial charge >= 0.3 is 0 Å². The van der Waals surface area contributed by atoms with Crippen molar-refractivity contribution >= 4 is 23.4 Å². The van der Waals surface area contributed by atoms with Crippen LogP contribution in [0.2, 0.25) is 5.02 Å². The molecule has 4 nitrogen and oxygen atoms in total. The van der Waals surface area contributed by atoms with Gasteiger partial charge in [0.05, 0.1) is 0 Å². The molecule has 2 aromatic rings. The van der Waals surface area contributed by atoms with Crippen LogP contribution in [0.5, 0.6) is 0 Å². The van der Waals surface area contributed by atoms with Crippen molar-refractivity contribution in [1.82, 2.24) is 10.6 Å². The molecule has 0 unspecified atom stereocenters. The summed E-state index contributed by atoms with van der Waals surface area (Å²) in [7, 11) is 0. The minimum atomic E-state index is -1.23. The van der Waals surface area contributed by atoms with Gasteiger partial charge in [-0.25, -0.2) is 4.39 Å². The molecule has 0 atom stereocenters. The van der Waals surface area contributed by atoms with Crippen molar-refractivity contribution in [3.8, 4) is 0 Å². The second-order valence-corrected chi connectivity index (χ2v) is 6.68. The summed E-state index contributed by atoms with van der Waals surface area (Å²) in [4.78, 5) is 24.7. The number of carbonyl (C=O) groups is 2. The van der Waals surface area contributed by atoms with Crippen molar-refractivity contribution in [1.29, 1.82) is 0 Å². The highest BCUT2D eigenvalue weighted by atomic mass is 35.5. The number of hydrogen-bond acceptors (Lipinski definition) is 2. The second-order valence-electron chi connectivity index (χ2n) is 6.24. The van der Waals surface area contributed by atoms with Crippen LogP contribution in [0, 0.1) is 11.2 Å². The van der Waals surface area contributed by atoms with Gasteiger partial charge in [-0.05, 0) is 49.2 Å². The molecule has 0 aromatic heterocycles. The van der Waals surface area contributed by atoms with Gasteiger partial charge in [0.25, 0.3) is 0 Å². The van der Waals surface area contributed by atoms with Crippen LogP contribution in [0.1, 0.15) is 25.0 Å². The molecule has 0 fully saturated rings. The Kier molecular flexibility index (Phi) is 6.15. The fourth-order valence-electron chi connectivity index (χ4n) is 2.11. The number of carbonyl (C=O) groups excluding carboxylic acids is 2. The standard InChI is InChI=1S/C19H20ClFN2O2/c1-19(2,17(24)22-11-13-3-7-15(20)8-4-13)18(25)23-12-14-5-9-16(21)10-6-14/h3-10H,11-12H2,1-2H3,(H,22,24)(H,23,25). The third kappa shape index (κ3) is 5.29. The normalized spacial score (nSPS) is 11.0. The van der Waals surface area contributed by atoms with Crippen LogP contribution in [0.15, 0.2) is 48.5 Å². The van der Waals surface area contributed by atoms with Crippen LogP contribution < -0.4 is 10.6 Å². The average Bonchev–Trinajstić information content (AvgIpc) is 2.60. The highest BCUT2D eigenvalue weighted by Crippen LogP contribution is 2.17. The highest BCUT2D eigenvalue weighted by molar-refractivity contribution is 6.30. The molecule has 0 aliphatic heterocycles. The Balaban J connectivity index is 1.89. The lowest BCUT2D eigenvalue weighted by molar-refractivity contribution is -0.141. The van der Waals surface area contributed by atoms with E-state index in [1.165, 1.54) is 12.1 Å². The lowest BCUT2D eigenvalue weighted by Gasteiger charge is -2.22. The number of hydrogen-bond donors (Lipinski definition) is 2. The Morgan fingerprint density at radius 1 is 0.880 bits per heavy atom. The summed E-state index contributed by atoms with van der Waals surface area (Å²) in [6.45, 7) is 3.66. The van der Waals surface area contributed by atoms with E-state index in [0.717, 1.165) is 11.1 Å². The van der Waals surface area contributed by atoms with E-state index in [1.54, 1.807) is 38.1 Å². The zero-order valence-corrected chi connectivity index (χ0v) is 14.9. The maximum Gasteiger partial charge on any atom is 0.235 e. The van der Waals surface area contributed by atoms with Crippen molar-refractivity contribution in [3.63, 3.8) is 0 Å². The van der Waals surface area contributed by atoms with Gasteiger partial charge in [0.15, 0.2) is 0 Å². The van der Waals surface area contributed by atoms with Gasteiger partial charge in [0.2, 0.25) is 11.8 Å². The molecular formula is C19H20ClFN2O2. The second kappa shape index (κ2) is 8.12. The number of amides is 2. The van der Waals surface area contributed by atoms with E-state index in [-0.39, 0.29) is 18.3 Å². The smallest absolute Gasteiger partial charge is 0.235 e. The zero-order valence-electron chi connectivity index (χ0n) is 14.1. The molecule has 2 aromatic carbocycles. The molecule has 0 saturated heterocycles. The molecule has 0 aliphatic carbocycles. The minimum Gasteiger partial charge on any atom is -0.351 e. The maximum absolute atomic E-state index is 12.9. The summed E-state index contributed by atoms with van der Waals surface area (Å²) >= 11 is 5.82. The Morgan fingerprint density at radius 3 is 1.72 bits per heavy atom. The Labute approximate surface area is 151 Å². The first kappa shape index (κ1) is 18.9. The Bertz CT molecular complexity index is 680. The monoisotopic (exact) mass is 362 g/mol. The first-order valence-electron chi connectivity index (χ1n) is 7.84. The summed E-state index contributed by atoms with van der Waals surface area (Å²) in [5.74, 6) is -1.11. The van der Waals surface area contributed by atoms with E-state index in [4.69, 9.17) is 11.6 Å². The largest absolute Gasteiger partial charge is 0.351 e. The van der Waals surface area contributed by atoms with Crippen molar-refractivity contribution in [2.24, 2.45) is 5.41 Å².